The summed E-state index contributed by atoms with van der Waals surface area (Å²) >= 11 is 4.49. The van der Waals surface area contributed by atoms with Gasteiger partial charge < -0.3 is 5.11 Å². The van der Waals surface area contributed by atoms with Crippen LogP contribution in [-0.2, 0) is 0 Å². The van der Waals surface area contributed by atoms with Gasteiger partial charge in [-0.3, -0.25) is 0 Å². The number of hydrogen-bond acceptors (Lipinski definition) is 2. The minimum absolute atomic E-state index is 0.168. The van der Waals surface area contributed by atoms with Gasteiger partial charge in [0.05, 0.1) is 16.1 Å². The van der Waals surface area contributed by atoms with Gasteiger partial charge in [-0.15, -0.1) is 0 Å². The molecule has 96 valence electrons. The van der Waals surface area contributed by atoms with E-state index in [4.69, 9.17) is 0 Å². The summed E-state index contributed by atoms with van der Waals surface area (Å²) in [6.45, 7) is 4.05. The first-order valence-corrected chi connectivity index (χ1v) is 7.24. The SMILES string of the molecule is CCC(C)SCC(O)c1c(F)ccc(Br)c1F. The smallest absolute Gasteiger partial charge is 0.146 e. The zero-order valence-electron chi connectivity index (χ0n) is 9.71. The Morgan fingerprint density at radius 2 is 2.06 bits per heavy atom. The minimum atomic E-state index is -1.12. The van der Waals surface area contributed by atoms with Crippen LogP contribution in [0, 0.1) is 11.6 Å². The van der Waals surface area contributed by atoms with Gasteiger partial charge in [0, 0.05) is 11.0 Å². The van der Waals surface area contributed by atoms with E-state index in [0.717, 1.165) is 12.5 Å². The first-order valence-electron chi connectivity index (χ1n) is 5.40. The van der Waals surface area contributed by atoms with E-state index in [2.05, 4.69) is 15.9 Å². The summed E-state index contributed by atoms with van der Waals surface area (Å²) in [4.78, 5) is 0. The number of benzene rings is 1. The number of rotatable bonds is 5. The number of aliphatic hydroxyl groups is 1. The van der Waals surface area contributed by atoms with E-state index in [1.807, 2.05) is 13.8 Å². The fourth-order valence-electron chi connectivity index (χ4n) is 1.30. The Kier molecular flexibility index (Phi) is 5.89. The second-order valence-electron chi connectivity index (χ2n) is 3.82. The van der Waals surface area contributed by atoms with Crippen LogP contribution >= 0.6 is 27.7 Å². The van der Waals surface area contributed by atoms with E-state index in [9.17, 15) is 13.9 Å². The normalized spacial score (nSPS) is 14.7. The molecular formula is C12H15BrF2OS. The Hall–Kier alpha value is -0.130. The summed E-state index contributed by atoms with van der Waals surface area (Å²) in [5.41, 5.74) is -0.254. The maximum absolute atomic E-state index is 13.7. The molecule has 1 aromatic carbocycles. The Morgan fingerprint density at radius 1 is 1.41 bits per heavy atom. The maximum atomic E-state index is 13.7. The highest BCUT2D eigenvalue weighted by Crippen LogP contribution is 2.29. The standard InChI is InChI=1S/C12H15BrF2OS/c1-3-7(2)17-6-10(16)11-9(14)5-4-8(13)12(11)15/h4-5,7,10,16H,3,6H2,1-2H3. The summed E-state index contributed by atoms with van der Waals surface area (Å²) in [5.74, 6) is -1.13. The van der Waals surface area contributed by atoms with Gasteiger partial charge in [0.25, 0.3) is 0 Å². The molecule has 1 rings (SSSR count). The largest absolute Gasteiger partial charge is 0.387 e. The zero-order chi connectivity index (χ0) is 13.0. The summed E-state index contributed by atoms with van der Waals surface area (Å²) in [6, 6.07) is 2.45. The van der Waals surface area contributed by atoms with Gasteiger partial charge in [-0.25, -0.2) is 8.78 Å². The van der Waals surface area contributed by atoms with Crippen LogP contribution in [0.1, 0.15) is 31.9 Å². The molecule has 0 fully saturated rings. The molecule has 1 nitrogen and oxygen atoms in total. The lowest BCUT2D eigenvalue weighted by Crippen LogP contribution is -2.09. The van der Waals surface area contributed by atoms with Crippen molar-refractivity contribution in [3.05, 3.63) is 33.8 Å². The lowest BCUT2D eigenvalue weighted by atomic mass is 10.1. The van der Waals surface area contributed by atoms with Gasteiger partial charge in [0.2, 0.25) is 0 Å². The van der Waals surface area contributed by atoms with Crippen LogP contribution in [0.2, 0.25) is 0 Å². The third-order valence-electron chi connectivity index (χ3n) is 2.53. The molecule has 5 heteroatoms. The van der Waals surface area contributed by atoms with Crippen LogP contribution in [0.15, 0.2) is 16.6 Å². The topological polar surface area (TPSA) is 20.2 Å². The van der Waals surface area contributed by atoms with Crippen molar-refractivity contribution in [2.75, 3.05) is 5.75 Å². The highest BCUT2D eigenvalue weighted by molar-refractivity contribution is 9.10. The van der Waals surface area contributed by atoms with Crippen molar-refractivity contribution < 1.29 is 13.9 Å². The Bertz CT molecular complexity index is 387. The summed E-state index contributed by atoms with van der Waals surface area (Å²) in [6.07, 6.45) is -0.160. The quantitative estimate of drug-likeness (QED) is 0.815. The lowest BCUT2D eigenvalue weighted by molar-refractivity contribution is 0.193. The predicted octanol–water partition coefficient (Wildman–Crippen LogP) is 4.29. The molecule has 1 aromatic rings. The van der Waals surface area contributed by atoms with Gasteiger partial charge in [-0.1, -0.05) is 13.8 Å². The van der Waals surface area contributed by atoms with Gasteiger partial charge in [-0.05, 0) is 34.5 Å². The molecule has 2 unspecified atom stereocenters. The van der Waals surface area contributed by atoms with Crippen LogP contribution in [0.25, 0.3) is 0 Å². The fraction of sp³-hybridized carbons (Fsp3) is 0.500. The first kappa shape index (κ1) is 14.9. The molecule has 17 heavy (non-hydrogen) atoms. The maximum Gasteiger partial charge on any atom is 0.146 e. The highest BCUT2D eigenvalue weighted by Gasteiger charge is 2.20. The number of thioether (sulfide) groups is 1. The minimum Gasteiger partial charge on any atom is -0.387 e. The molecule has 0 saturated heterocycles. The van der Waals surface area contributed by atoms with E-state index >= 15 is 0 Å². The number of halogens is 3. The molecule has 0 aliphatic rings. The predicted molar refractivity (Wildman–Crippen MR) is 71.2 cm³/mol. The van der Waals surface area contributed by atoms with Crippen LogP contribution < -0.4 is 0 Å². The zero-order valence-corrected chi connectivity index (χ0v) is 12.1. The third-order valence-corrected chi connectivity index (χ3v) is 4.55. The van der Waals surface area contributed by atoms with Crippen molar-refractivity contribution >= 4 is 27.7 Å². The highest BCUT2D eigenvalue weighted by atomic mass is 79.9. The van der Waals surface area contributed by atoms with E-state index in [1.165, 1.54) is 17.8 Å². The molecule has 0 saturated carbocycles. The van der Waals surface area contributed by atoms with E-state index in [0.29, 0.717) is 11.0 Å². The second-order valence-corrected chi connectivity index (χ2v) is 6.15. The molecule has 0 aliphatic carbocycles. The molecular weight excluding hydrogens is 310 g/mol. The van der Waals surface area contributed by atoms with Gasteiger partial charge >= 0.3 is 0 Å². The molecule has 1 N–H and O–H groups in total. The molecule has 0 radical (unpaired) electrons. The lowest BCUT2D eigenvalue weighted by Gasteiger charge is -2.15. The summed E-state index contributed by atoms with van der Waals surface area (Å²) in [5, 5.41) is 10.2. The number of hydrogen-bond donors (Lipinski definition) is 1. The number of aliphatic hydroxyl groups excluding tert-OH is 1. The Balaban J connectivity index is 2.81. The molecule has 0 aliphatic heterocycles. The van der Waals surface area contributed by atoms with Crippen molar-refractivity contribution in [3.8, 4) is 0 Å². The summed E-state index contributed by atoms with van der Waals surface area (Å²) in [7, 11) is 0. The van der Waals surface area contributed by atoms with Crippen molar-refractivity contribution in [2.45, 2.75) is 31.6 Å². The van der Waals surface area contributed by atoms with E-state index in [1.54, 1.807) is 0 Å². The summed E-state index contributed by atoms with van der Waals surface area (Å²) < 4.78 is 27.3. The van der Waals surface area contributed by atoms with Crippen molar-refractivity contribution in [3.63, 3.8) is 0 Å². The van der Waals surface area contributed by atoms with Crippen molar-refractivity contribution in [1.82, 2.24) is 0 Å². The van der Waals surface area contributed by atoms with Gasteiger partial charge in [0.1, 0.15) is 11.6 Å². The molecule has 0 amide bonds. The van der Waals surface area contributed by atoms with Crippen LogP contribution in [0.4, 0.5) is 8.78 Å². The van der Waals surface area contributed by atoms with Crippen molar-refractivity contribution in [2.24, 2.45) is 0 Å². The molecule has 2 atom stereocenters. The van der Waals surface area contributed by atoms with Crippen LogP contribution in [0.3, 0.4) is 0 Å². The average molecular weight is 325 g/mol. The third kappa shape index (κ3) is 3.93. The first-order chi connectivity index (χ1) is 7.97. The van der Waals surface area contributed by atoms with Crippen LogP contribution in [-0.4, -0.2) is 16.1 Å². The molecule has 0 bridgehead atoms. The monoisotopic (exact) mass is 324 g/mol. The molecule has 0 heterocycles. The fourth-order valence-corrected chi connectivity index (χ4v) is 2.56. The van der Waals surface area contributed by atoms with Crippen molar-refractivity contribution in [1.29, 1.82) is 0 Å². The Morgan fingerprint density at radius 3 is 2.65 bits per heavy atom. The van der Waals surface area contributed by atoms with Crippen LogP contribution in [0.5, 0.6) is 0 Å². The van der Waals surface area contributed by atoms with E-state index < -0.39 is 17.7 Å². The average Bonchev–Trinajstić information content (AvgIpc) is 2.31. The molecule has 0 spiro atoms. The Labute approximate surface area is 113 Å². The second kappa shape index (κ2) is 6.71. The van der Waals surface area contributed by atoms with Gasteiger partial charge in [-0.2, -0.15) is 11.8 Å². The molecule has 0 aromatic heterocycles. The van der Waals surface area contributed by atoms with Gasteiger partial charge in [0.15, 0.2) is 0 Å². The van der Waals surface area contributed by atoms with E-state index in [-0.39, 0.29) is 10.0 Å².